The summed E-state index contributed by atoms with van der Waals surface area (Å²) in [5.41, 5.74) is 5.06. The number of rotatable bonds is 8. The molecule has 0 aliphatic rings. The maximum atomic E-state index is 11.0. The molecule has 0 amide bonds. The van der Waals surface area contributed by atoms with Crippen molar-refractivity contribution in [3.05, 3.63) is 0 Å². The third kappa shape index (κ3) is 8.43. The molecular weight excluding hydrogens is 222 g/mol. The summed E-state index contributed by atoms with van der Waals surface area (Å²) in [6.07, 6.45) is 0. The van der Waals surface area contributed by atoms with E-state index in [1.807, 2.05) is 0 Å². The van der Waals surface area contributed by atoms with E-state index < -0.39 is 9.84 Å². The lowest BCUT2D eigenvalue weighted by atomic mass is 10.8. The molecule has 0 aromatic heterocycles. The Labute approximate surface area is 80.3 Å². The Bertz CT molecular complexity index is 205. The van der Waals surface area contributed by atoms with Crippen LogP contribution in [0, 0.1) is 0 Å². The molecule has 13 heavy (non-hydrogen) atoms. The smallest absolute Gasteiger partial charge is 0.197 e. The van der Waals surface area contributed by atoms with Crippen LogP contribution in [0.4, 0.5) is 0 Å². The summed E-state index contributed by atoms with van der Waals surface area (Å²) in [4.78, 5) is 0. The fraction of sp³-hybridized carbons (Fsp3) is 1.00. The van der Waals surface area contributed by atoms with Gasteiger partial charge in [-0.15, -0.1) is 4.33 Å². The predicted molar refractivity (Wildman–Crippen MR) is 46.1 cm³/mol. The van der Waals surface area contributed by atoms with Crippen molar-refractivity contribution in [1.82, 2.24) is 0 Å². The van der Waals surface area contributed by atoms with Gasteiger partial charge in [0, 0.05) is 6.54 Å². The third-order valence-electron chi connectivity index (χ3n) is 1.01. The molecule has 0 aromatic carbocycles. The van der Waals surface area contributed by atoms with Gasteiger partial charge in [-0.1, -0.05) is 5.04 Å². The zero-order chi connectivity index (χ0) is 10.2. The number of hydrogen-bond acceptors (Lipinski definition) is 8. The van der Waals surface area contributed by atoms with E-state index in [9.17, 15) is 8.42 Å². The molecule has 0 saturated carbocycles. The van der Waals surface area contributed by atoms with Gasteiger partial charge in [0.05, 0.1) is 18.1 Å². The van der Waals surface area contributed by atoms with E-state index in [0.29, 0.717) is 12.3 Å². The number of sulfone groups is 1. The van der Waals surface area contributed by atoms with Crippen LogP contribution in [-0.4, -0.2) is 38.3 Å². The summed E-state index contributed by atoms with van der Waals surface area (Å²) < 4.78 is 30.3. The van der Waals surface area contributed by atoms with Crippen molar-refractivity contribution in [1.29, 1.82) is 0 Å². The number of hydrogen-bond donors (Lipinski definition) is 2. The lowest BCUT2D eigenvalue weighted by Gasteiger charge is -2.01. The minimum atomic E-state index is -3.14. The molecule has 0 radical (unpaired) electrons. The van der Waals surface area contributed by atoms with E-state index in [1.165, 1.54) is 0 Å². The lowest BCUT2D eigenvalue weighted by molar-refractivity contribution is -0.434. The zero-order valence-electron chi connectivity index (χ0n) is 6.71. The Morgan fingerprint density at radius 3 is 2.62 bits per heavy atom. The molecule has 0 rings (SSSR count). The van der Waals surface area contributed by atoms with Crippen LogP contribution in [0.5, 0.6) is 0 Å². The zero-order valence-corrected chi connectivity index (χ0v) is 8.34. The van der Waals surface area contributed by atoms with Gasteiger partial charge in [0.25, 0.3) is 0 Å². The highest BCUT2D eigenvalue weighted by Gasteiger charge is 2.09. The molecule has 3 N–H and O–H groups in total. The summed E-state index contributed by atoms with van der Waals surface area (Å²) in [6, 6.07) is 0. The Hall–Kier alpha value is 0.1000. The Balaban J connectivity index is 3.41. The topological polar surface area (TPSA) is 108 Å². The van der Waals surface area contributed by atoms with Gasteiger partial charge in [-0.25, -0.2) is 13.7 Å². The molecular formula is C4H11NO6S2. The third-order valence-corrected chi connectivity index (χ3v) is 3.04. The minimum absolute atomic E-state index is 0.0592. The monoisotopic (exact) mass is 233 g/mol. The summed E-state index contributed by atoms with van der Waals surface area (Å²) in [6.45, 7) is 0.0298. The van der Waals surface area contributed by atoms with Crippen LogP contribution in [0.3, 0.4) is 0 Å². The van der Waals surface area contributed by atoms with Gasteiger partial charge in [-0.3, -0.25) is 4.18 Å². The van der Waals surface area contributed by atoms with Gasteiger partial charge in [0.1, 0.15) is 0 Å². The molecule has 0 aliphatic heterocycles. The highest BCUT2D eigenvalue weighted by atomic mass is 32.2. The van der Waals surface area contributed by atoms with E-state index in [4.69, 9.17) is 11.0 Å². The lowest BCUT2D eigenvalue weighted by Crippen LogP contribution is -2.20. The molecule has 0 atom stereocenters. The second-order valence-electron chi connectivity index (χ2n) is 1.97. The summed E-state index contributed by atoms with van der Waals surface area (Å²) in [7, 11) is -3.14. The molecule has 0 heterocycles. The van der Waals surface area contributed by atoms with Gasteiger partial charge < -0.3 is 5.73 Å². The van der Waals surface area contributed by atoms with E-state index in [2.05, 4.69) is 13.6 Å². The molecule has 7 nitrogen and oxygen atoms in total. The standard InChI is InChI=1S/C4H11NO6S2/c5-1-3-13(7,8)4-2-9-12-11-10-6/h6H,1-5H2. The van der Waals surface area contributed by atoms with Gasteiger partial charge in [0.15, 0.2) is 22.2 Å². The van der Waals surface area contributed by atoms with E-state index in [-0.39, 0.29) is 24.7 Å². The highest BCUT2D eigenvalue weighted by Crippen LogP contribution is 2.03. The van der Waals surface area contributed by atoms with Crippen LogP contribution < -0.4 is 5.73 Å². The maximum Gasteiger partial charge on any atom is 0.197 e. The van der Waals surface area contributed by atoms with Gasteiger partial charge in [-0.2, -0.15) is 0 Å². The molecule has 0 saturated heterocycles. The molecule has 0 unspecified atom stereocenters. The quantitative estimate of drug-likeness (QED) is 0.247. The van der Waals surface area contributed by atoms with Crippen LogP contribution >= 0.6 is 12.3 Å². The Morgan fingerprint density at radius 2 is 2.08 bits per heavy atom. The van der Waals surface area contributed by atoms with Crippen LogP contribution in [0.15, 0.2) is 0 Å². The normalized spacial score (nSPS) is 11.8. The molecule has 0 bridgehead atoms. The number of nitrogens with two attached hydrogens (primary N) is 1. The summed E-state index contributed by atoms with van der Waals surface area (Å²) in [5, 5.41) is 10.8. The molecule has 0 fully saturated rings. The van der Waals surface area contributed by atoms with Crippen molar-refractivity contribution in [3.63, 3.8) is 0 Å². The average molecular weight is 233 g/mol. The fourth-order valence-electron chi connectivity index (χ4n) is 0.509. The van der Waals surface area contributed by atoms with E-state index in [0.717, 1.165) is 0 Å². The van der Waals surface area contributed by atoms with Gasteiger partial charge in [0.2, 0.25) is 0 Å². The SMILES string of the molecule is NCCS(=O)(=O)CCOSOOO. The molecule has 0 spiro atoms. The van der Waals surface area contributed by atoms with Gasteiger partial charge in [-0.05, 0) is 0 Å². The van der Waals surface area contributed by atoms with E-state index in [1.54, 1.807) is 0 Å². The summed E-state index contributed by atoms with van der Waals surface area (Å²) in [5.74, 6) is -0.218. The Kier molecular flexibility index (Phi) is 7.56. The molecule has 0 aliphatic carbocycles. The van der Waals surface area contributed by atoms with Crippen LogP contribution in [0.1, 0.15) is 0 Å². The summed E-state index contributed by atoms with van der Waals surface area (Å²) >= 11 is 0.344. The van der Waals surface area contributed by atoms with E-state index >= 15 is 0 Å². The van der Waals surface area contributed by atoms with Crippen molar-refractivity contribution in [3.8, 4) is 0 Å². The van der Waals surface area contributed by atoms with Crippen molar-refractivity contribution in [2.75, 3.05) is 24.7 Å². The average Bonchev–Trinajstić information content (AvgIpc) is 2.04. The van der Waals surface area contributed by atoms with Crippen LogP contribution in [0.2, 0.25) is 0 Å². The predicted octanol–water partition coefficient (Wildman–Crippen LogP) is -0.639. The Morgan fingerprint density at radius 1 is 1.38 bits per heavy atom. The van der Waals surface area contributed by atoms with Crippen molar-refractivity contribution >= 4 is 22.2 Å². The van der Waals surface area contributed by atoms with Crippen molar-refractivity contribution in [2.45, 2.75) is 0 Å². The van der Waals surface area contributed by atoms with Gasteiger partial charge >= 0.3 is 0 Å². The molecule has 80 valence electrons. The molecule has 0 aromatic rings. The van der Waals surface area contributed by atoms with Crippen LogP contribution in [-0.2, 0) is 23.4 Å². The molecule has 9 heteroatoms. The van der Waals surface area contributed by atoms with Crippen molar-refractivity contribution in [2.24, 2.45) is 5.73 Å². The largest absolute Gasteiger partial charge is 0.329 e. The fourth-order valence-corrected chi connectivity index (χ4v) is 1.73. The van der Waals surface area contributed by atoms with Crippen molar-refractivity contribution < 1.29 is 27.2 Å². The second kappa shape index (κ2) is 7.50. The second-order valence-corrected chi connectivity index (χ2v) is 4.78. The highest BCUT2D eigenvalue weighted by molar-refractivity contribution is 7.91. The first-order valence-corrected chi connectivity index (χ1v) is 5.78. The first-order valence-electron chi connectivity index (χ1n) is 3.29. The maximum absolute atomic E-state index is 11.0. The first-order chi connectivity index (χ1) is 6.12. The minimum Gasteiger partial charge on any atom is -0.329 e. The first kappa shape index (κ1) is 13.1. The van der Waals surface area contributed by atoms with Crippen LogP contribution in [0.25, 0.3) is 0 Å².